The predicted molar refractivity (Wildman–Crippen MR) is 112 cm³/mol. The van der Waals surface area contributed by atoms with Crippen molar-refractivity contribution in [2.24, 2.45) is 0 Å². The zero-order valence-corrected chi connectivity index (χ0v) is 17.6. The number of thiophene rings is 1. The van der Waals surface area contributed by atoms with E-state index >= 15 is 0 Å². The molecule has 0 aliphatic heterocycles. The maximum Gasteiger partial charge on any atom is 0.433 e. The van der Waals surface area contributed by atoms with E-state index in [-0.39, 0.29) is 31.5 Å². The number of carbonyl (C=O) groups excluding carboxylic acids is 1. The molecular weight excluding hydrogens is 437 g/mol. The van der Waals surface area contributed by atoms with Gasteiger partial charge in [-0.2, -0.15) is 13.2 Å². The molecule has 0 fully saturated rings. The summed E-state index contributed by atoms with van der Waals surface area (Å²) in [7, 11) is 0. The molecule has 0 bridgehead atoms. The number of anilines is 1. The molecule has 1 aromatic carbocycles. The van der Waals surface area contributed by atoms with Crippen LogP contribution in [0.3, 0.4) is 0 Å². The van der Waals surface area contributed by atoms with Gasteiger partial charge in [-0.1, -0.05) is 11.6 Å². The van der Waals surface area contributed by atoms with E-state index in [0.29, 0.717) is 42.6 Å². The molecule has 2 heterocycles. The molecule has 0 spiro atoms. The van der Waals surface area contributed by atoms with Crippen LogP contribution in [-0.4, -0.2) is 17.4 Å². The summed E-state index contributed by atoms with van der Waals surface area (Å²) in [6.45, 7) is 2.24. The molecular formula is C21H18ClF3N2O2S. The molecule has 1 aliphatic rings. The maximum atomic E-state index is 13.6. The van der Waals surface area contributed by atoms with Crippen LogP contribution in [0.1, 0.15) is 51.8 Å². The number of aryl methyl sites for hydroxylation is 1. The van der Waals surface area contributed by atoms with Gasteiger partial charge in [0.2, 0.25) is 5.78 Å². The number of benzene rings is 1. The Hall–Kier alpha value is -2.32. The third kappa shape index (κ3) is 3.52. The van der Waals surface area contributed by atoms with Crippen molar-refractivity contribution in [1.29, 1.82) is 0 Å². The number of alkyl halides is 3. The molecule has 3 aromatic rings. The molecule has 158 valence electrons. The highest BCUT2D eigenvalue weighted by molar-refractivity contribution is 7.21. The average Bonchev–Trinajstić information content (AvgIpc) is 3.04. The third-order valence-corrected chi connectivity index (χ3v) is 6.56. The molecule has 4 rings (SSSR count). The lowest BCUT2D eigenvalue weighted by Crippen LogP contribution is -2.17. The molecule has 0 amide bonds. The van der Waals surface area contributed by atoms with Crippen LogP contribution in [0, 0.1) is 0 Å². The Kier molecular flexibility index (Phi) is 5.40. The Morgan fingerprint density at radius 2 is 1.97 bits per heavy atom. The quantitative estimate of drug-likeness (QED) is 0.487. The van der Waals surface area contributed by atoms with Gasteiger partial charge >= 0.3 is 6.18 Å². The minimum atomic E-state index is -4.55. The van der Waals surface area contributed by atoms with Crippen LogP contribution < -0.4 is 10.5 Å². The predicted octanol–water partition coefficient (Wildman–Crippen LogP) is 6.06. The van der Waals surface area contributed by atoms with E-state index in [9.17, 15) is 18.0 Å². The van der Waals surface area contributed by atoms with E-state index in [2.05, 4.69) is 4.98 Å². The normalized spacial score (nSPS) is 14.0. The van der Waals surface area contributed by atoms with Gasteiger partial charge in [0.05, 0.1) is 17.3 Å². The highest BCUT2D eigenvalue weighted by Gasteiger charge is 2.38. The van der Waals surface area contributed by atoms with Gasteiger partial charge in [0.1, 0.15) is 21.2 Å². The fourth-order valence-electron chi connectivity index (χ4n) is 3.86. The van der Waals surface area contributed by atoms with Gasteiger partial charge in [-0.25, -0.2) is 4.98 Å². The summed E-state index contributed by atoms with van der Waals surface area (Å²) in [6, 6.07) is 4.63. The van der Waals surface area contributed by atoms with E-state index in [1.807, 2.05) is 6.92 Å². The molecule has 0 unspecified atom stereocenters. The molecule has 30 heavy (non-hydrogen) atoms. The first-order valence-corrected chi connectivity index (χ1v) is 10.7. The van der Waals surface area contributed by atoms with Crippen LogP contribution >= 0.6 is 22.9 Å². The Morgan fingerprint density at radius 1 is 1.27 bits per heavy atom. The lowest BCUT2D eigenvalue weighted by molar-refractivity contribution is -0.141. The van der Waals surface area contributed by atoms with Crippen molar-refractivity contribution >= 4 is 44.6 Å². The summed E-state index contributed by atoms with van der Waals surface area (Å²) in [5, 5.41) is 0.750. The monoisotopic (exact) mass is 454 g/mol. The lowest BCUT2D eigenvalue weighted by atomic mass is 9.88. The number of nitrogens with zero attached hydrogens (tertiary/aromatic N) is 1. The zero-order chi connectivity index (χ0) is 21.6. The Morgan fingerprint density at radius 3 is 2.60 bits per heavy atom. The Balaban J connectivity index is 1.86. The van der Waals surface area contributed by atoms with Crippen LogP contribution in [0.4, 0.5) is 18.9 Å². The largest absolute Gasteiger partial charge is 0.492 e. The number of aromatic nitrogens is 1. The van der Waals surface area contributed by atoms with E-state index in [1.54, 1.807) is 12.1 Å². The Labute approximate surface area is 179 Å². The standard InChI is InChI=1S/C21H18ClF3N2O2S/c1-2-29-14-8-7-10(9-13(14)22)17(28)18-16(26)15-11-5-3-4-6-12(11)19(21(23,24)25)27-20(15)30-18/h7-9H,2-6,26H2,1H3. The van der Waals surface area contributed by atoms with Gasteiger partial charge in [0.25, 0.3) is 0 Å². The number of ketones is 1. The topological polar surface area (TPSA) is 65.2 Å². The second-order valence-electron chi connectivity index (χ2n) is 7.05. The minimum absolute atomic E-state index is 0.140. The summed E-state index contributed by atoms with van der Waals surface area (Å²) >= 11 is 7.07. The zero-order valence-electron chi connectivity index (χ0n) is 16.0. The highest BCUT2D eigenvalue weighted by atomic mass is 35.5. The first-order valence-electron chi connectivity index (χ1n) is 9.50. The van der Waals surface area contributed by atoms with Crippen LogP contribution in [0.25, 0.3) is 10.2 Å². The summed E-state index contributed by atoms with van der Waals surface area (Å²) in [4.78, 5) is 17.3. The number of carbonyl (C=O) groups is 1. The number of pyridine rings is 1. The summed E-state index contributed by atoms with van der Waals surface area (Å²) in [6.07, 6.45) is -2.32. The first kappa shape index (κ1) is 20.9. The third-order valence-electron chi connectivity index (χ3n) is 5.16. The van der Waals surface area contributed by atoms with E-state index in [1.165, 1.54) is 6.07 Å². The van der Waals surface area contributed by atoms with Gasteiger partial charge in [-0.05, 0) is 61.9 Å². The van der Waals surface area contributed by atoms with Crippen molar-refractivity contribution in [3.63, 3.8) is 0 Å². The maximum absolute atomic E-state index is 13.6. The summed E-state index contributed by atoms with van der Waals surface area (Å²) in [5.74, 6) is 0.0455. The van der Waals surface area contributed by atoms with E-state index in [0.717, 1.165) is 17.8 Å². The molecule has 0 atom stereocenters. The number of hydrogen-bond acceptors (Lipinski definition) is 5. The van der Waals surface area contributed by atoms with Gasteiger partial charge in [0.15, 0.2) is 0 Å². The van der Waals surface area contributed by atoms with E-state index < -0.39 is 17.7 Å². The van der Waals surface area contributed by atoms with E-state index in [4.69, 9.17) is 22.1 Å². The van der Waals surface area contributed by atoms with Gasteiger partial charge < -0.3 is 10.5 Å². The van der Waals surface area contributed by atoms with Crippen molar-refractivity contribution in [2.75, 3.05) is 12.3 Å². The fourth-order valence-corrected chi connectivity index (χ4v) is 5.19. The first-order chi connectivity index (χ1) is 14.2. The number of halogens is 4. The fraction of sp³-hybridized carbons (Fsp3) is 0.333. The summed E-state index contributed by atoms with van der Waals surface area (Å²) < 4.78 is 46.2. The molecule has 4 nitrogen and oxygen atoms in total. The number of rotatable bonds is 4. The molecule has 2 N–H and O–H groups in total. The van der Waals surface area contributed by atoms with Crippen molar-refractivity contribution < 1.29 is 22.7 Å². The summed E-state index contributed by atoms with van der Waals surface area (Å²) in [5.41, 5.74) is 6.66. The van der Waals surface area contributed by atoms with Crippen LogP contribution in [0.5, 0.6) is 5.75 Å². The minimum Gasteiger partial charge on any atom is -0.492 e. The Bertz CT molecular complexity index is 1160. The highest BCUT2D eigenvalue weighted by Crippen LogP contribution is 2.44. The van der Waals surface area contributed by atoms with Crippen molar-refractivity contribution in [1.82, 2.24) is 4.98 Å². The SMILES string of the molecule is CCOc1ccc(C(=O)c2sc3nc(C(F)(F)F)c4c(c3c2N)CCCC4)cc1Cl. The molecule has 0 saturated heterocycles. The molecule has 0 saturated carbocycles. The second-order valence-corrected chi connectivity index (χ2v) is 8.46. The average molecular weight is 455 g/mol. The van der Waals surface area contributed by atoms with Crippen LogP contribution in [0.15, 0.2) is 18.2 Å². The lowest BCUT2D eigenvalue weighted by Gasteiger charge is -2.21. The van der Waals surface area contributed by atoms with Gasteiger partial charge in [-0.3, -0.25) is 4.79 Å². The number of hydrogen-bond donors (Lipinski definition) is 1. The van der Waals surface area contributed by atoms with Crippen LogP contribution in [0.2, 0.25) is 5.02 Å². The second kappa shape index (κ2) is 7.74. The van der Waals surface area contributed by atoms with Crippen molar-refractivity contribution in [2.45, 2.75) is 38.8 Å². The number of nitrogens with two attached hydrogens (primary N) is 1. The molecule has 2 aromatic heterocycles. The van der Waals surface area contributed by atoms with Gasteiger partial charge in [-0.15, -0.1) is 11.3 Å². The molecule has 1 aliphatic carbocycles. The van der Waals surface area contributed by atoms with Crippen molar-refractivity contribution in [3.8, 4) is 5.75 Å². The van der Waals surface area contributed by atoms with Crippen LogP contribution in [-0.2, 0) is 19.0 Å². The molecule has 0 radical (unpaired) electrons. The molecule has 9 heteroatoms. The van der Waals surface area contributed by atoms with Crippen molar-refractivity contribution in [3.05, 3.63) is 50.5 Å². The smallest absolute Gasteiger partial charge is 0.433 e. The number of nitrogen functional groups attached to an aromatic ring is 1. The number of fused-ring (bicyclic) bond motifs is 3. The van der Waals surface area contributed by atoms with Gasteiger partial charge in [0, 0.05) is 10.9 Å². The number of ether oxygens (including phenoxy) is 1.